The van der Waals surface area contributed by atoms with Crippen molar-refractivity contribution in [3.63, 3.8) is 0 Å². The minimum atomic E-state index is -0.690. The Balaban J connectivity index is 3.32. The predicted molar refractivity (Wildman–Crippen MR) is 270 cm³/mol. The summed E-state index contributed by atoms with van der Waals surface area (Å²) in [6.45, 7) is 29.8. The van der Waals surface area contributed by atoms with Crippen LogP contribution in [0, 0.1) is 16.2 Å². The minimum Gasteiger partial charge on any atom is -0.468 e. The molecule has 0 bridgehead atoms. The first-order valence-electron chi connectivity index (χ1n) is 25.2. The van der Waals surface area contributed by atoms with Crippen LogP contribution in [0.2, 0.25) is 0 Å². The zero-order chi connectivity index (χ0) is 48.9. The molecule has 0 heterocycles. The maximum atomic E-state index is 14.3. The molecule has 0 saturated carbocycles. The highest BCUT2D eigenvalue weighted by atomic mass is 16.5. The summed E-state index contributed by atoms with van der Waals surface area (Å²) in [4.78, 5) is 76.5. The maximum absolute atomic E-state index is 14.3. The molecule has 1 aromatic carbocycles. The number of Topliss-reactive ketones (excluding diaryl/α,β-unsaturated/α-hetero) is 5. The van der Waals surface area contributed by atoms with E-state index in [1.165, 1.54) is 32.1 Å². The Bertz CT molecular complexity index is 1650. The summed E-state index contributed by atoms with van der Waals surface area (Å²) < 4.78 is 4.83. The zero-order valence-corrected chi connectivity index (χ0v) is 42.4. The molecule has 0 saturated heterocycles. The fourth-order valence-electron chi connectivity index (χ4n) is 9.08. The van der Waals surface area contributed by atoms with Crippen LogP contribution in [-0.4, -0.2) is 42.0 Å². The Morgan fingerprint density at radius 3 is 1.25 bits per heavy atom. The van der Waals surface area contributed by atoms with Gasteiger partial charge in [-0.2, -0.15) is 0 Å². The Hall–Kier alpha value is -4.00. The average Bonchev–Trinajstić information content (AvgIpc) is 3.27. The number of carbonyl (C=O) groups is 6. The average molecular weight is 899 g/mol. The molecule has 0 N–H and O–H groups in total. The van der Waals surface area contributed by atoms with Gasteiger partial charge in [-0.15, -0.1) is 0 Å². The second-order valence-corrected chi connectivity index (χ2v) is 20.4. The molecule has 0 spiro atoms. The minimum absolute atomic E-state index is 0.0318. The van der Waals surface area contributed by atoms with Crippen LogP contribution < -0.4 is 0 Å². The van der Waals surface area contributed by atoms with Crippen molar-refractivity contribution in [2.75, 3.05) is 6.61 Å². The van der Waals surface area contributed by atoms with Gasteiger partial charge in [0, 0.05) is 36.7 Å². The molecule has 0 atom stereocenters. The van der Waals surface area contributed by atoms with Crippen LogP contribution in [0.1, 0.15) is 231 Å². The number of hydrogen-bond acceptors (Lipinski definition) is 7. The summed E-state index contributed by atoms with van der Waals surface area (Å²) >= 11 is 0. The predicted octanol–water partition coefficient (Wildman–Crippen LogP) is 15.3. The van der Waals surface area contributed by atoms with Crippen LogP contribution in [0.3, 0.4) is 0 Å². The topological polar surface area (TPSA) is 112 Å². The van der Waals surface area contributed by atoms with Gasteiger partial charge >= 0.3 is 0 Å². The van der Waals surface area contributed by atoms with Gasteiger partial charge in [0.05, 0.1) is 6.61 Å². The smallest absolute Gasteiger partial charge is 0.293 e. The zero-order valence-electron chi connectivity index (χ0n) is 42.4. The highest BCUT2D eigenvalue weighted by molar-refractivity contribution is 6.00. The van der Waals surface area contributed by atoms with Crippen molar-refractivity contribution in [3.8, 4) is 0 Å². The number of ether oxygens (including phenoxy) is 1. The molecule has 364 valence electrons. The van der Waals surface area contributed by atoms with Crippen molar-refractivity contribution in [1.82, 2.24) is 0 Å². The first-order valence-corrected chi connectivity index (χ1v) is 25.2. The Morgan fingerprint density at radius 2 is 0.862 bits per heavy atom. The van der Waals surface area contributed by atoms with Crippen LogP contribution in [0.15, 0.2) is 72.9 Å². The van der Waals surface area contributed by atoms with Crippen molar-refractivity contribution in [1.29, 1.82) is 0 Å². The maximum Gasteiger partial charge on any atom is 0.293 e. The van der Waals surface area contributed by atoms with E-state index in [1.54, 1.807) is 27.7 Å². The Labute approximate surface area is 396 Å². The van der Waals surface area contributed by atoms with E-state index >= 15 is 0 Å². The lowest BCUT2D eigenvalue weighted by molar-refractivity contribution is -0.129. The van der Waals surface area contributed by atoms with Crippen LogP contribution in [0.25, 0.3) is 0 Å². The van der Waals surface area contributed by atoms with E-state index in [2.05, 4.69) is 45.4 Å². The largest absolute Gasteiger partial charge is 0.468 e. The quantitative estimate of drug-likeness (QED) is 0.0278. The molecule has 0 aliphatic carbocycles. The summed E-state index contributed by atoms with van der Waals surface area (Å²) in [5.74, 6) is 0.287. The molecule has 1 aromatic rings. The van der Waals surface area contributed by atoms with Gasteiger partial charge in [-0.1, -0.05) is 148 Å². The van der Waals surface area contributed by atoms with E-state index in [-0.39, 0.29) is 39.7 Å². The van der Waals surface area contributed by atoms with Crippen LogP contribution >= 0.6 is 0 Å². The molecule has 7 heteroatoms. The molecule has 0 fully saturated rings. The van der Waals surface area contributed by atoms with E-state index in [0.29, 0.717) is 105 Å². The summed E-state index contributed by atoms with van der Waals surface area (Å²) in [6.07, 6.45) is 23.3. The van der Waals surface area contributed by atoms with E-state index in [9.17, 15) is 28.8 Å². The number of ketones is 5. The second-order valence-electron chi connectivity index (χ2n) is 20.4. The van der Waals surface area contributed by atoms with Gasteiger partial charge in [0.25, 0.3) is 6.47 Å². The number of rotatable bonds is 42. The number of carbonyl (C=O) groups excluding carboxylic acids is 6. The third-order valence-corrected chi connectivity index (χ3v) is 14.1. The number of unbranched alkanes of at least 4 members (excludes halogenated alkanes) is 11. The molecule has 0 aliphatic rings. The highest BCUT2D eigenvalue weighted by Crippen LogP contribution is 2.45. The fraction of sp³-hybridized carbons (Fsp3) is 0.655. The monoisotopic (exact) mass is 899 g/mol. The molecule has 1 rings (SSSR count). The number of hydrogen-bond donors (Lipinski definition) is 0. The van der Waals surface area contributed by atoms with Gasteiger partial charge in [0.2, 0.25) is 0 Å². The summed E-state index contributed by atoms with van der Waals surface area (Å²) in [7, 11) is 0. The van der Waals surface area contributed by atoms with Crippen molar-refractivity contribution in [2.24, 2.45) is 16.2 Å². The lowest BCUT2D eigenvalue weighted by Crippen LogP contribution is -2.30. The number of allylic oxidation sites excluding steroid dienone is 4. The molecule has 0 unspecified atom stereocenters. The molecule has 0 amide bonds. The van der Waals surface area contributed by atoms with Crippen LogP contribution in [-0.2, 0) is 35.1 Å². The molecule has 0 aromatic heterocycles. The second kappa shape index (κ2) is 31.8. The van der Waals surface area contributed by atoms with Crippen molar-refractivity contribution in [2.45, 2.75) is 222 Å². The van der Waals surface area contributed by atoms with Gasteiger partial charge in [0.15, 0.2) is 28.9 Å². The standard InChI is InChI=1S/C58H90O7/c1-12-13-14-15-16-19-22-34-57(37-30-51(60)45(2)3,38-31-52(61)46(4)5)36-29-49-25-27-50(28-26-49)55(64)56(10,11)41-42-58(39-32-53(62)47(6)7,40-33-54(63)48(8)9)35-23-20-17-18-21-24-43-65-44-59/h25-28,44H,2,4,6,8,12-24,29-43H2,1,3,5,7,9-11H3. The lowest BCUT2D eigenvalue weighted by Gasteiger charge is -2.37. The molecule has 0 radical (unpaired) electrons. The van der Waals surface area contributed by atoms with Crippen molar-refractivity contribution < 1.29 is 33.5 Å². The molecule has 0 aliphatic heterocycles. The molecule has 7 nitrogen and oxygen atoms in total. The lowest BCUT2D eigenvalue weighted by atomic mass is 9.67. The van der Waals surface area contributed by atoms with Crippen molar-refractivity contribution in [3.05, 3.63) is 84.0 Å². The van der Waals surface area contributed by atoms with Gasteiger partial charge in [-0.3, -0.25) is 28.8 Å². The van der Waals surface area contributed by atoms with E-state index in [4.69, 9.17) is 4.74 Å². The van der Waals surface area contributed by atoms with Gasteiger partial charge in [-0.05, 0) is 137 Å². The van der Waals surface area contributed by atoms with Crippen molar-refractivity contribution >= 4 is 35.4 Å². The molecule has 65 heavy (non-hydrogen) atoms. The Morgan fingerprint density at radius 1 is 0.492 bits per heavy atom. The van der Waals surface area contributed by atoms with Gasteiger partial charge in [0.1, 0.15) is 0 Å². The number of aryl methyl sites for hydroxylation is 1. The van der Waals surface area contributed by atoms with Gasteiger partial charge in [-0.25, -0.2) is 0 Å². The third-order valence-electron chi connectivity index (χ3n) is 14.1. The first kappa shape index (κ1) is 59.0. The fourth-order valence-corrected chi connectivity index (χ4v) is 9.08. The molecular weight excluding hydrogens is 809 g/mol. The molecular formula is C58H90O7. The van der Waals surface area contributed by atoms with E-state index < -0.39 is 5.41 Å². The highest BCUT2D eigenvalue weighted by Gasteiger charge is 2.36. The van der Waals surface area contributed by atoms with Crippen LogP contribution in [0.5, 0.6) is 0 Å². The summed E-state index contributed by atoms with van der Waals surface area (Å²) in [5.41, 5.74) is 2.81. The van der Waals surface area contributed by atoms with Gasteiger partial charge < -0.3 is 4.74 Å². The summed E-state index contributed by atoms with van der Waals surface area (Å²) in [5, 5.41) is 0. The SMILES string of the molecule is C=C(C)C(=O)CCC(CCCCCCCCC)(CCC(=O)C(=C)C)CCc1ccc(C(=O)C(C)(C)CCC(CCCCCCCCOC=O)(CCC(=O)C(=C)C)CCC(=O)C(=C)C)cc1. The van der Waals surface area contributed by atoms with E-state index in [0.717, 1.165) is 82.6 Å². The Kier molecular flexibility index (Phi) is 28.9. The third kappa shape index (κ3) is 24.4. The normalized spacial score (nSPS) is 11.8. The van der Waals surface area contributed by atoms with Crippen LogP contribution in [0.4, 0.5) is 0 Å². The first-order chi connectivity index (χ1) is 30.7. The van der Waals surface area contributed by atoms with E-state index in [1.807, 2.05) is 26.0 Å². The summed E-state index contributed by atoms with van der Waals surface area (Å²) in [6, 6.07) is 8.02. The number of benzene rings is 1.